The van der Waals surface area contributed by atoms with Gasteiger partial charge < -0.3 is 22.6 Å². The molecule has 5 rings (SSSR count). The fraction of sp³-hybridized carbons (Fsp3) is 0.606. The van der Waals surface area contributed by atoms with Crippen LogP contribution in [0, 0.1) is 23.7 Å². The van der Waals surface area contributed by atoms with Crippen molar-refractivity contribution in [1.29, 1.82) is 0 Å². The third-order valence-corrected chi connectivity index (χ3v) is 36.9. The zero-order chi connectivity index (χ0) is 59.6. The highest BCUT2D eigenvalue weighted by molar-refractivity contribution is 7.95. The topological polar surface area (TPSA) is 105 Å². The first kappa shape index (κ1) is 68.5. The van der Waals surface area contributed by atoms with Crippen LogP contribution in [0.25, 0.3) is 0 Å². The van der Waals surface area contributed by atoms with Gasteiger partial charge in [-0.2, -0.15) is 0 Å². The van der Waals surface area contributed by atoms with Gasteiger partial charge in [0.2, 0.25) is 0 Å². The molecular formula is C66H106O8P2Si3. The van der Waals surface area contributed by atoms with E-state index in [2.05, 4.69) is 170 Å². The standard InChI is InChI=1S/C35H64O5Si2.C31H42O3P2Si/c1-15-24(3)33(37)38-31-23-29(40-42(13,14)35(8,9)10)21-26-18-17-25(4)30(32(26)31)20-19-27(36)22-28(16-2)39-41(11,12)34(5,6)7;1-31(2,3)37(6,7)34-27(25-35(4,5)33)23-26(32)24-36(28-17-11-8-12-18-28,29-19-13-9-14-20-29)30-21-15-10-16-22-30/h17-18,21,24-25,28-32H,15-16,19-20,22-23H2,1-14H3;8-22,24,27H,23,25H2,1-7H3/t24-,25-,28-,29+,30-,31-,32-;27-/m01/s1. The molecule has 0 saturated heterocycles. The van der Waals surface area contributed by atoms with Crippen molar-refractivity contribution in [2.75, 3.05) is 19.5 Å². The number of hydrogen-bond acceptors (Lipinski definition) is 8. The summed E-state index contributed by atoms with van der Waals surface area (Å²) >= 11 is 0. The second kappa shape index (κ2) is 28.1. The second-order valence-corrected chi connectivity index (χ2v) is 49.0. The Bertz CT molecular complexity index is 2520. The van der Waals surface area contributed by atoms with Crippen LogP contribution in [0.2, 0.25) is 54.4 Å². The summed E-state index contributed by atoms with van der Waals surface area (Å²) < 4.78 is 39.4. The monoisotopic (exact) mass is 1170 g/mol. The zero-order valence-electron chi connectivity index (χ0n) is 52.9. The molecule has 440 valence electrons. The lowest BCUT2D eigenvalue weighted by molar-refractivity contribution is -0.159. The fourth-order valence-electron chi connectivity index (χ4n) is 9.97. The van der Waals surface area contributed by atoms with E-state index in [4.69, 9.17) is 18.0 Å². The first-order chi connectivity index (χ1) is 36.4. The van der Waals surface area contributed by atoms with Gasteiger partial charge in [-0.3, -0.25) is 14.4 Å². The molecule has 3 aromatic rings. The Morgan fingerprint density at radius 2 is 1.13 bits per heavy atom. The van der Waals surface area contributed by atoms with Crippen molar-refractivity contribution in [3.05, 3.63) is 115 Å². The lowest BCUT2D eigenvalue weighted by Gasteiger charge is -2.46. The summed E-state index contributed by atoms with van der Waals surface area (Å²) in [7, 11) is -8.53. The van der Waals surface area contributed by atoms with Crippen molar-refractivity contribution in [2.45, 2.75) is 214 Å². The number of allylic oxidation sites excluding steroid dienone is 2. The molecular weight excluding hydrogens is 1070 g/mol. The Kier molecular flexibility index (Phi) is 24.3. The Morgan fingerprint density at radius 3 is 1.54 bits per heavy atom. The molecule has 8 nitrogen and oxygen atoms in total. The number of hydrogen-bond donors (Lipinski definition) is 0. The van der Waals surface area contributed by atoms with E-state index in [0.717, 1.165) is 35.2 Å². The largest absolute Gasteiger partial charge is 0.461 e. The van der Waals surface area contributed by atoms with Gasteiger partial charge in [0, 0.05) is 37.8 Å². The summed E-state index contributed by atoms with van der Waals surface area (Å²) in [6.07, 6.45) is 10.8. The lowest BCUT2D eigenvalue weighted by Crippen LogP contribution is -2.48. The number of ketones is 2. The highest BCUT2D eigenvalue weighted by atomic mass is 31.2. The van der Waals surface area contributed by atoms with Crippen molar-refractivity contribution in [1.82, 2.24) is 0 Å². The summed E-state index contributed by atoms with van der Waals surface area (Å²) in [6, 6.07) is 31.1. The highest BCUT2D eigenvalue weighted by Crippen LogP contribution is 2.48. The Hall–Kier alpha value is -2.99. The number of ether oxygens (including phenoxy) is 1. The Balaban J connectivity index is 0.000000343. The van der Waals surface area contributed by atoms with E-state index in [1.54, 1.807) is 13.3 Å². The third kappa shape index (κ3) is 19.0. The molecule has 79 heavy (non-hydrogen) atoms. The summed E-state index contributed by atoms with van der Waals surface area (Å²) in [5.41, 5.74) is 1.20. The van der Waals surface area contributed by atoms with Crippen molar-refractivity contribution in [2.24, 2.45) is 23.7 Å². The maximum Gasteiger partial charge on any atom is 0.308 e. The molecule has 0 unspecified atom stereocenters. The number of benzene rings is 3. The van der Waals surface area contributed by atoms with Crippen molar-refractivity contribution in [3.8, 4) is 0 Å². The minimum atomic E-state index is -2.40. The molecule has 2 aliphatic rings. The summed E-state index contributed by atoms with van der Waals surface area (Å²) in [4.78, 5) is 40.5. The van der Waals surface area contributed by atoms with E-state index in [0.29, 0.717) is 31.3 Å². The normalized spacial score (nSPS) is 20.6. The number of carbonyl (C=O) groups excluding carboxylic acids is 3. The van der Waals surface area contributed by atoms with Crippen LogP contribution in [-0.4, -0.2) is 92.2 Å². The van der Waals surface area contributed by atoms with Crippen LogP contribution in [0.1, 0.15) is 135 Å². The van der Waals surface area contributed by atoms with Gasteiger partial charge in [0.15, 0.2) is 30.7 Å². The van der Waals surface area contributed by atoms with Crippen LogP contribution < -0.4 is 15.9 Å². The molecule has 2 aliphatic carbocycles. The van der Waals surface area contributed by atoms with Crippen molar-refractivity contribution < 1.29 is 37.0 Å². The van der Waals surface area contributed by atoms with E-state index >= 15 is 0 Å². The van der Waals surface area contributed by atoms with E-state index in [1.807, 2.05) is 74.2 Å². The van der Waals surface area contributed by atoms with Crippen LogP contribution in [0.5, 0.6) is 0 Å². The predicted octanol–water partition coefficient (Wildman–Crippen LogP) is 16.4. The first-order valence-electron chi connectivity index (χ1n) is 29.5. The van der Waals surface area contributed by atoms with Gasteiger partial charge in [0.05, 0.1) is 31.4 Å². The molecule has 0 N–H and O–H groups in total. The minimum Gasteiger partial charge on any atom is -0.461 e. The third-order valence-electron chi connectivity index (χ3n) is 18.0. The van der Waals surface area contributed by atoms with E-state index < -0.39 is 39.0 Å². The van der Waals surface area contributed by atoms with E-state index in [9.17, 15) is 18.9 Å². The average Bonchev–Trinajstić information content (AvgIpc) is 3.37. The smallest absolute Gasteiger partial charge is 0.308 e. The van der Waals surface area contributed by atoms with Gasteiger partial charge in [0.25, 0.3) is 0 Å². The zero-order valence-corrected chi connectivity index (χ0v) is 57.7. The van der Waals surface area contributed by atoms with Crippen molar-refractivity contribution >= 4 is 78.2 Å². The quantitative estimate of drug-likeness (QED) is 0.0525. The maximum absolute atomic E-state index is 14.0. The van der Waals surface area contributed by atoms with Crippen LogP contribution in [0.4, 0.5) is 0 Å². The minimum absolute atomic E-state index is 0.00163. The van der Waals surface area contributed by atoms with Gasteiger partial charge in [-0.15, -0.1) is 0 Å². The maximum atomic E-state index is 14.0. The first-order valence-corrected chi connectivity index (χ1v) is 42.9. The molecule has 0 aromatic heterocycles. The summed E-state index contributed by atoms with van der Waals surface area (Å²) in [6.45, 7) is 43.1. The lowest BCUT2D eigenvalue weighted by atomic mass is 9.66. The SMILES string of the molecule is CC(C)(C)[Si](C)(C)O[C@H](CC(=O)C=P(c1ccccc1)(c1ccccc1)c1ccccc1)CP(C)(C)=O.CC[C@@H](CC(=O)CC[C@@H]1[C@@H]2C(=C[C@@H](O[Si](C)(C)C(C)(C)C)C[C@@H]2OC(=O)[C@@H](C)CC)C=C[C@@H]1C)O[Si](C)(C)C(C)(C)C. The molecule has 0 bridgehead atoms. The van der Waals surface area contributed by atoms with E-state index in [-0.39, 0.29) is 81.2 Å². The van der Waals surface area contributed by atoms with Crippen LogP contribution in [-0.2, 0) is 37.0 Å². The summed E-state index contributed by atoms with van der Waals surface area (Å²) in [5.74, 6) is 2.64. The number of esters is 1. The molecule has 0 radical (unpaired) electrons. The molecule has 0 saturated carbocycles. The molecule has 0 aliphatic heterocycles. The molecule has 0 spiro atoms. The van der Waals surface area contributed by atoms with E-state index in [1.165, 1.54) is 5.57 Å². The van der Waals surface area contributed by atoms with Gasteiger partial charge in [-0.05, 0) is 133 Å². The van der Waals surface area contributed by atoms with Crippen LogP contribution in [0.15, 0.2) is 115 Å². The summed E-state index contributed by atoms with van der Waals surface area (Å²) in [5, 5.41) is 3.62. The molecule has 0 fully saturated rings. The van der Waals surface area contributed by atoms with Gasteiger partial charge in [-0.25, -0.2) is 0 Å². The molecule has 0 heterocycles. The number of rotatable bonds is 23. The Morgan fingerprint density at radius 1 is 0.671 bits per heavy atom. The average molecular weight is 1170 g/mol. The number of carbonyl (C=O) groups is 3. The van der Waals surface area contributed by atoms with Crippen LogP contribution in [0.3, 0.4) is 0 Å². The number of fused-ring (bicyclic) bond motifs is 1. The molecule has 0 amide bonds. The van der Waals surface area contributed by atoms with Gasteiger partial charge >= 0.3 is 5.97 Å². The highest BCUT2D eigenvalue weighted by Gasteiger charge is 2.47. The molecule has 8 atom stereocenters. The van der Waals surface area contributed by atoms with Gasteiger partial charge in [-0.1, -0.05) is 199 Å². The predicted molar refractivity (Wildman–Crippen MR) is 348 cm³/mol. The fourth-order valence-corrected chi connectivity index (χ4v) is 19.2. The van der Waals surface area contributed by atoms with Crippen LogP contribution >= 0.6 is 14.0 Å². The second-order valence-electron chi connectivity index (χ2n) is 28.0. The Labute approximate surface area is 484 Å². The van der Waals surface area contributed by atoms with Crippen molar-refractivity contribution in [3.63, 3.8) is 0 Å². The molecule has 3 aromatic carbocycles. The molecule has 13 heteroatoms. The number of Topliss-reactive ketones (excluding diaryl/α,β-unsaturated/α-hetero) is 2. The van der Waals surface area contributed by atoms with Gasteiger partial charge in [0.1, 0.15) is 11.9 Å².